The predicted molar refractivity (Wildman–Crippen MR) is 49.0 cm³/mol. The highest BCUT2D eigenvalue weighted by atomic mass is 16.3. The van der Waals surface area contributed by atoms with E-state index in [0.717, 1.165) is 16.8 Å². The molecule has 2 nitrogen and oxygen atoms in total. The van der Waals surface area contributed by atoms with Crippen molar-refractivity contribution >= 4 is 10.9 Å². The van der Waals surface area contributed by atoms with Gasteiger partial charge in [-0.1, -0.05) is 18.2 Å². The normalized spacial score (nSPS) is 10.8. The largest absolute Gasteiger partial charge is 0.390 e. The summed E-state index contributed by atoms with van der Waals surface area (Å²) in [5.41, 5.74) is 3.16. The van der Waals surface area contributed by atoms with E-state index < -0.39 is 0 Å². The number of hydrogen-bond acceptors (Lipinski definition) is 1. The van der Waals surface area contributed by atoms with Crippen LogP contribution in [0.15, 0.2) is 24.3 Å². The molecule has 0 bridgehead atoms. The zero-order valence-electron chi connectivity index (χ0n) is 6.96. The Labute approximate surface area is 70.8 Å². The van der Waals surface area contributed by atoms with Crippen LogP contribution in [-0.4, -0.2) is 10.1 Å². The third kappa shape index (κ3) is 0.924. The zero-order chi connectivity index (χ0) is 8.55. The predicted octanol–water partition coefficient (Wildman–Crippen LogP) is 1.97. The quantitative estimate of drug-likeness (QED) is 0.659. The summed E-state index contributed by atoms with van der Waals surface area (Å²) in [4.78, 5) is 3.16. The van der Waals surface area contributed by atoms with Crippen LogP contribution < -0.4 is 0 Å². The first kappa shape index (κ1) is 7.37. The number of para-hydroxylation sites is 1. The Morgan fingerprint density at radius 1 is 1.33 bits per heavy atom. The van der Waals surface area contributed by atoms with Crippen LogP contribution in [0.2, 0.25) is 0 Å². The number of rotatable bonds is 1. The molecule has 1 aromatic carbocycles. The molecule has 0 saturated carbocycles. The van der Waals surface area contributed by atoms with Crippen molar-refractivity contribution in [3.05, 3.63) is 35.5 Å². The lowest BCUT2D eigenvalue weighted by molar-refractivity contribution is 0.277. The van der Waals surface area contributed by atoms with Gasteiger partial charge in [-0.25, -0.2) is 0 Å². The number of nitrogens with one attached hydrogen (secondary N) is 1. The van der Waals surface area contributed by atoms with E-state index in [2.05, 4.69) is 11.1 Å². The monoisotopic (exact) mass is 161 g/mol. The summed E-state index contributed by atoms with van der Waals surface area (Å²) in [6, 6.07) is 8.06. The van der Waals surface area contributed by atoms with Crippen molar-refractivity contribution in [2.75, 3.05) is 0 Å². The molecule has 0 saturated heterocycles. The highest BCUT2D eigenvalue weighted by Gasteiger charge is 2.04. The first-order chi connectivity index (χ1) is 5.83. The lowest BCUT2D eigenvalue weighted by Gasteiger charge is -1.90. The van der Waals surface area contributed by atoms with Crippen molar-refractivity contribution in [3.8, 4) is 0 Å². The Kier molecular flexibility index (Phi) is 1.62. The van der Waals surface area contributed by atoms with Crippen LogP contribution in [0, 0.1) is 6.92 Å². The van der Waals surface area contributed by atoms with E-state index >= 15 is 0 Å². The number of fused-ring (bicyclic) bond motifs is 1. The molecule has 2 N–H and O–H groups in total. The van der Waals surface area contributed by atoms with Gasteiger partial charge in [-0.2, -0.15) is 0 Å². The molecule has 2 aromatic rings. The van der Waals surface area contributed by atoms with Crippen LogP contribution >= 0.6 is 0 Å². The fourth-order valence-electron chi connectivity index (χ4n) is 1.50. The van der Waals surface area contributed by atoms with Crippen molar-refractivity contribution in [1.82, 2.24) is 4.98 Å². The van der Waals surface area contributed by atoms with Gasteiger partial charge in [0.1, 0.15) is 0 Å². The summed E-state index contributed by atoms with van der Waals surface area (Å²) < 4.78 is 0. The Morgan fingerprint density at radius 3 is 2.75 bits per heavy atom. The van der Waals surface area contributed by atoms with Gasteiger partial charge in [0.05, 0.1) is 6.61 Å². The molecular formula is C10H11NO. The van der Waals surface area contributed by atoms with Gasteiger partial charge in [0, 0.05) is 16.6 Å². The Hall–Kier alpha value is -1.28. The fraction of sp³-hybridized carbons (Fsp3) is 0.200. The molecule has 12 heavy (non-hydrogen) atoms. The Bertz CT molecular complexity index is 403. The third-order valence-corrected chi connectivity index (χ3v) is 2.23. The van der Waals surface area contributed by atoms with E-state index in [0.29, 0.717) is 0 Å². The van der Waals surface area contributed by atoms with Crippen molar-refractivity contribution in [3.63, 3.8) is 0 Å². The van der Waals surface area contributed by atoms with Crippen molar-refractivity contribution in [2.24, 2.45) is 0 Å². The molecule has 0 amide bonds. The topological polar surface area (TPSA) is 36.0 Å². The number of aromatic amines is 1. The molecule has 0 aliphatic rings. The van der Waals surface area contributed by atoms with E-state index in [-0.39, 0.29) is 6.61 Å². The molecule has 0 fully saturated rings. The number of aliphatic hydroxyl groups is 1. The molecule has 1 aromatic heterocycles. The van der Waals surface area contributed by atoms with Gasteiger partial charge in [0.15, 0.2) is 0 Å². The van der Waals surface area contributed by atoms with Gasteiger partial charge in [0.2, 0.25) is 0 Å². The molecule has 0 spiro atoms. The van der Waals surface area contributed by atoms with Crippen LogP contribution in [0.1, 0.15) is 11.3 Å². The van der Waals surface area contributed by atoms with Crippen LogP contribution in [0.25, 0.3) is 10.9 Å². The number of benzene rings is 1. The molecule has 2 rings (SSSR count). The molecule has 0 unspecified atom stereocenters. The van der Waals surface area contributed by atoms with Crippen LogP contribution in [0.4, 0.5) is 0 Å². The number of aliphatic hydroxyl groups excluding tert-OH is 1. The molecule has 2 heteroatoms. The summed E-state index contributed by atoms with van der Waals surface area (Å²) in [5, 5.41) is 10.2. The third-order valence-electron chi connectivity index (χ3n) is 2.23. The number of aromatic nitrogens is 1. The maximum Gasteiger partial charge on any atom is 0.0833 e. The van der Waals surface area contributed by atoms with E-state index in [9.17, 15) is 0 Å². The summed E-state index contributed by atoms with van der Waals surface area (Å²) >= 11 is 0. The van der Waals surface area contributed by atoms with Gasteiger partial charge in [-0.3, -0.25) is 0 Å². The van der Waals surface area contributed by atoms with Gasteiger partial charge in [-0.15, -0.1) is 0 Å². The Balaban J connectivity index is 2.78. The minimum Gasteiger partial charge on any atom is -0.390 e. The molecule has 0 aliphatic carbocycles. The minimum absolute atomic E-state index is 0.0838. The lowest BCUT2D eigenvalue weighted by atomic mass is 10.1. The molecule has 0 atom stereocenters. The van der Waals surface area contributed by atoms with Crippen molar-refractivity contribution in [2.45, 2.75) is 13.5 Å². The molecule has 0 aliphatic heterocycles. The summed E-state index contributed by atoms with van der Waals surface area (Å²) in [7, 11) is 0. The first-order valence-corrected chi connectivity index (χ1v) is 4.00. The van der Waals surface area contributed by atoms with E-state index in [1.165, 1.54) is 5.39 Å². The van der Waals surface area contributed by atoms with Crippen molar-refractivity contribution in [1.29, 1.82) is 0 Å². The van der Waals surface area contributed by atoms with Crippen LogP contribution in [-0.2, 0) is 6.61 Å². The fourth-order valence-corrected chi connectivity index (χ4v) is 1.50. The summed E-state index contributed by atoms with van der Waals surface area (Å²) in [5.74, 6) is 0. The summed E-state index contributed by atoms with van der Waals surface area (Å²) in [6.45, 7) is 2.10. The minimum atomic E-state index is 0.0838. The second-order valence-electron chi connectivity index (χ2n) is 2.93. The van der Waals surface area contributed by atoms with E-state index in [1.807, 2.05) is 25.1 Å². The molecule has 0 radical (unpaired) electrons. The highest BCUT2D eigenvalue weighted by molar-refractivity contribution is 5.84. The molecular weight excluding hydrogens is 150 g/mol. The van der Waals surface area contributed by atoms with Gasteiger partial charge in [0.25, 0.3) is 0 Å². The number of H-pyrrole nitrogens is 1. The van der Waals surface area contributed by atoms with E-state index in [4.69, 9.17) is 5.11 Å². The SMILES string of the molecule is Cc1c(CO)[nH]c2ccccc12. The second-order valence-corrected chi connectivity index (χ2v) is 2.93. The van der Waals surface area contributed by atoms with Gasteiger partial charge < -0.3 is 10.1 Å². The lowest BCUT2D eigenvalue weighted by Crippen LogP contribution is -1.83. The average Bonchev–Trinajstić information content (AvgIpc) is 2.44. The second kappa shape index (κ2) is 2.64. The van der Waals surface area contributed by atoms with Crippen molar-refractivity contribution < 1.29 is 5.11 Å². The maximum absolute atomic E-state index is 8.99. The zero-order valence-corrected chi connectivity index (χ0v) is 6.96. The van der Waals surface area contributed by atoms with E-state index in [1.54, 1.807) is 0 Å². The molecule has 1 heterocycles. The number of hydrogen-bond donors (Lipinski definition) is 2. The average molecular weight is 161 g/mol. The molecule has 62 valence electrons. The van der Waals surface area contributed by atoms with Gasteiger partial charge in [-0.05, 0) is 18.6 Å². The van der Waals surface area contributed by atoms with Crippen LogP contribution in [0.5, 0.6) is 0 Å². The number of aryl methyl sites for hydroxylation is 1. The van der Waals surface area contributed by atoms with Gasteiger partial charge >= 0.3 is 0 Å². The Morgan fingerprint density at radius 2 is 2.08 bits per heavy atom. The first-order valence-electron chi connectivity index (χ1n) is 4.00. The standard InChI is InChI=1S/C10H11NO/c1-7-8-4-2-3-5-9(8)11-10(7)6-12/h2-5,11-12H,6H2,1H3. The van der Waals surface area contributed by atoms with Crippen LogP contribution in [0.3, 0.4) is 0 Å². The maximum atomic E-state index is 8.99. The summed E-state index contributed by atoms with van der Waals surface area (Å²) in [6.07, 6.45) is 0. The smallest absolute Gasteiger partial charge is 0.0833 e. The highest BCUT2D eigenvalue weighted by Crippen LogP contribution is 2.20.